The second-order valence-electron chi connectivity index (χ2n) is 4.32. The third-order valence-electron chi connectivity index (χ3n) is 2.78. The number of rotatable bonds is 3. The van der Waals surface area contributed by atoms with Crippen LogP contribution in [-0.2, 0) is 0 Å². The molecule has 2 aromatic rings. The molecule has 2 aromatic carbocycles. The monoisotopic (exact) mass is 319 g/mol. The van der Waals surface area contributed by atoms with E-state index in [-0.39, 0.29) is 5.78 Å². The van der Waals surface area contributed by atoms with Gasteiger partial charge in [-0.1, -0.05) is 22.0 Å². The quantitative estimate of drug-likeness (QED) is 0.676. The number of ether oxygens (including phenoxy) is 1. The van der Waals surface area contributed by atoms with E-state index < -0.39 is 0 Å². The molecular weight excluding hydrogens is 306 g/mol. The van der Waals surface area contributed by atoms with Crippen LogP contribution in [0.5, 0.6) is 11.5 Å². The van der Waals surface area contributed by atoms with Gasteiger partial charge in [0.1, 0.15) is 11.5 Å². The average Bonchev–Trinajstić information content (AvgIpc) is 2.33. The number of aryl methyl sites for hydroxylation is 1. The van der Waals surface area contributed by atoms with Crippen LogP contribution in [0.1, 0.15) is 22.8 Å². The second-order valence-corrected chi connectivity index (χ2v) is 5.23. The van der Waals surface area contributed by atoms with E-state index >= 15 is 0 Å². The number of halogens is 1. The van der Waals surface area contributed by atoms with Gasteiger partial charge in [-0.2, -0.15) is 0 Å². The van der Waals surface area contributed by atoms with Crippen molar-refractivity contribution in [3.63, 3.8) is 0 Å². The highest BCUT2D eigenvalue weighted by Crippen LogP contribution is 2.30. The number of hydrogen-bond acceptors (Lipinski definition) is 3. The van der Waals surface area contributed by atoms with Crippen molar-refractivity contribution in [3.8, 4) is 11.5 Å². The summed E-state index contributed by atoms with van der Waals surface area (Å²) in [5.74, 6) is 1.32. The minimum Gasteiger partial charge on any atom is -0.457 e. The van der Waals surface area contributed by atoms with Gasteiger partial charge in [0.15, 0.2) is 5.78 Å². The number of carbonyl (C=O) groups excluding carboxylic acids is 1. The largest absolute Gasteiger partial charge is 0.457 e. The Balaban J connectivity index is 2.31. The van der Waals surface area contributed by atoms with Crippen LogP contribution in [0.15, 0.2) is 40.9 Å². The summed E-state index contributed by atoms with van der Waals surface area (Å²) in [6.07, 6.45) is 0. The van der Waals surface area contributed by atoms with E-state index in [1.807, 2.05) is 25.1 Å². The van der Waals surface area contributed by atoms with Crippen LogP contribution in [0.4, 0.5) is 5.69 Å². The van der Waals surface area contributed by atoms with Crippen molar-refractivity contribution in [2.45, 2.75) is 13.8 Å². The van der Waals surface area contributed by atoms with Gasteiger partial charge >= 0.3 is 0 Å². The Hall–Kier alpha value is -1.81. The zero-order chi connectivity index (χ0) is 14.0. The van der Waals surface area contributed by atoms with E-state index in [4.69, 9.17) is 10.5 Å². The van der Waals surface area contributed by atoms with Crippen LogP contribution in [0.3, 0.4) is 0 Å². The highest BCUT2D eigenvalue weighted by Gasteiger charge is 2.07. The summed E-state index contributed by atoms with van der Waals surface area (Å²) in [5, 5.41) is 0. The van der Waals surface area contributed by atoms with E-state index in [0.29, 0.717) is 17.0 Å². The highest BCUT2D eigenvalue weighted by molar-refractivity contribution is 9.10. The number of anilines is 1. The van der Waals surface area contributed by atoms with Gasteiger partial charge in [-0.15, -0.1) is 0 Å². The number of carbonyl (C=O) groups is 1. The molecular formula is C15H14BrNO2. The van der Waals surface area contributed by atoms with Crippen LogP contribution in [0.25, 0.3) is 0 Å². The zero-order valence-electron chi connectivity index (χ0n) is 10.7. The van der Waals surface area contributed by atoms with Crippen LogP contribution >= 0.6 is 15.9 Å². The number of benzene rings is 2. The number of Topliss-reactive ketones (excluding diaryl/α,β-unsaturated/α-hetero) is 1. The summed E-state index contributed by atoms with van der Waals surface area (Å²) < 4.78 is 6.73. The number of nitrogens with two attached hydrogens (primary N) is 1. The van der Waals surface area contributed by atoms with Gasteiger partial charge in [0.05, 0.1) is 0 Å². The molecule has 0 aromatic heterocycles. The van der Waals surface area contributed by atoms with Crippen molar-refractivity contribution >= 4 is 27.4 Å². The summed E-state index contributed by atoms with van der Waals surface area (Å²) in [4.78, 5) is 11.3. The highest BCUT2D eigenvalue weighted by atomic mass is 79.9. The molecule has 2 rings (SSSR count). The molecule has 19 heavy (non-hydrogen) atoms. The number of nitrogen functional groups attached to an aromatic ring is 1. The molecule has 0 bridgehead atoms. The lowest BCUT2D eigenvalue weighted by Crippen LogP contribution is -1.99. The second kappa shape index (κ2) is 5.45. The van der Waals surface area contributed by atoms with Crippen LogP contribution in [0.2, 0.25) is 0 Å². The van der Waals surface area contributed by atoms with E-state index in [0.717, 1.165) is 15.8 Å². The Kier molecular flexibility index (Phi) is 3.90. The topological polar surface area (TPSA) is 52.3 Å². The van der Waals surface area contributed by atoms with Gasteiger partial charge in [0.2, 0.25) is 0 Å². The van der Waals surface area contributed by atoms with E-state index in [1.54, 1.807) is 18.2 Å². The maximum absolute atomic E-state index is 11.3. The zero-order valence-corrected chi connectivity index (χ0v) is 12.3. The minimum atomic E-state index is -0.0531. The first kappa shape index (κ1) is 13.6. The summed E-state index contributed by atoms with van der Waals surface area (Å²) in [6.45, 7) is 3.46. The van der Waals surface area contributed by atoms with Gasteiger partial charge in [-0.3, -0.25) is 4.79 Å². The molecule has 0 aliphatic heterocycles. The van der Waals surface area contributed by atoms with Gasteiger partial charge in [0, 0.05) is 21.8 Å². The molecule has 0 radical (unpaired) electrons. The van der Waals surface area contributed by atoms with Crippen molar-refractivity contribution in [1.29, 1.82) is 0 Å². The van der Waals surface area contributed by atoms with Crippen LogP contribution in [-0.4, -0.2) is 5.78 Å². The van der Waals surface area contributed by atoms with Gasteiger partial charge in [-0.25, -0.2) is 0 Å². The lowest BCUT2D eigenvalue weighted by molar-refractivity contribution is 0.101. The third kappa shape index (κ3) is 3.15. The van der Waals surface area contributed by atoms with E-state index in [1.165, 1.54) is 6.92 Å². The van der Waals surface area contributed by atoms with Gasteiger partial charge in [-0.05, 0) is 43.7 Å². The Morgan fingerprint density at radius 1 is 1.21 bits per heavy atom. The summed E-state index contributed by atoms with van der Waals surface area (Å²) in [5.41, 5.74) is 7.80. The first-order chi connectivity index (χ1) is 8.97. The number of hydrogen-bond donors (Lipinski definition) is 1. The van der Waals surface area contributed by atoms with Gasteiger partial charge < -0.3 is 10.5 Å². The Bertz CT molecular complexity index is 638. The fourth-order valence-corrected chi connectivity index (χ4v) is 2.08. The predicted octanol–water partition coefficient (Wildman–Crippen LogP) is 4.33. The molecule has 0 saturated heterocycles. The Morgan fingerprint density at radius 3 is 2.58 bits per heavy atom. The van der Waals surface area contributed by atoms with E-state index in [9.17, 15) is 4.79 Å². The SMILES string of the molecule is CC(=O)c1ccc(Oc2cc(Br)ccc2C)cc1N. The molecule has 3 nitrogen and oxygen atoms in total. The maximum atomic E-state index is 11.3. The smallest absolute Gasteiger partial charge is 0.161 e. The molecule has 98 valence electrons. The van der Waals surface area contributed by atoms with E-state index in [2.05, 4.69) is 15.9 Å². The molecule has 0 aliphatic rings. The molecule has 0 spiro atoms. The molecule has 0 heterocycles. The Morgan fingerprint density at radius 2 is 1.95 bits per heavy atom. The molecule has 0 unspecified atom stereocenters. The van der Waals surface area contributed by atoms with Crippen molar-refractivity contribution in [3.05, 3.63) is 52.0 Å². The van der Waals surface area contributed by atoms with Crippen molar-refractivity contribution in [2.24, 2.45) is 0 Å². The molecule has 0 amide bonds. The molecule has 4 heteroatoms. The maximum Gasteiger partial charge on any atom is 0.161 e. The van der Waals surface area contributed by atoms with Crippen molar-refractivity contribution < 1.29 is 9.53 Å². The Labute approximate surface area is 120 Å². The minimum absolute atomic E-state index is 0.0531. The summed E-state index contributed by atoms with van der Waals surface area (Å²) in [7, 11) is 0. The number of ketones is 1. The fourth-order valence-electron chi connectivity index (χ4n) is 1.74. The van der Waals surface area contributed by atoms with Crippen molar-refractivity contribution in [1.82, 2.24) is 0 Å². The predicted molar refractivity (Wildman–Crippen MR) is 79.8 cm³/mol. The molecule has 0 atom stereocenters. The van der Waals surface area contributed by atoms with Crippen molar-refractivity contribution in [2.75, 3.05) is 5.73 Å². The normalized spacial score (nSPS) is 10.3. The lowest BCUT2D eigenvalue weighted by atomic mass is 10.1. The fraction of sp³-hybridized carbons (Fsp3) is 0.133. The molecule has 2 N–H and O–H groups in total. The first-order valence-electron chi connectivity index (χ1n) is 5.82. The average molecular weight is 320 g/mol. The van der Waals surface area contributed by atoms with Crippen LogP contribution < -0.4 is 10.5 Å². The molecule has 0 aliphatic carbocycles. The summed E-state index contributed by atoms with van der Waals surface area (Å²) >= 11 is 3.41. The lowest BCUT2D eigenvalue weighted by Gasteiger charge is -2.10. The third-order valence-corrected chi connectivity index (χ3v) is 3.27. The first-order valence-corrected chi connectivity index (χ1v) is 6.61. The van der Waals surface area contributed by atoms with Crippen LogP contribution in [0, 0.1) is 6.92 Å². The molecule has 0 fully saturated rings. The standard InChI is InChI=1S/C15H14BrNO2/c1-9-3-4-11(16)7-15(9)19-12-5-6-13(10(2)18)14(17)8-12/h3-8H,17H2,1-2H3. The summed E-state index contributed by atoms with van der Waals surface area (Å²) in [6, 6.07) is 10.9. The van der Waals surface area contributed by atoms with Gasteiger partial charge in [0.25, 0.3) is 0 Å². The molecule has 0 saturated carbocycles.